The number of urea groups is 1. The molecule has 0 spiro atoms. The lowest BCUT2D eigenvalue weighted by molar-refractivity contribution is 0.262. The average molecular weight is 374 g/mol. The minimum absolute atomic E-state index is 0.238. The third-order valence-corrected chi connectivity index (χ3v) is 3.30. The van der Waals surface area contributed by atoms with E-state index in [1.807, 2.05) is 0 Å². The molecule has 0 radical (unpaired) electrons. The molecule has 0 aliphatic carbocycles. The van der Waals surface area contributed by atoms with Crippen molar-refractivity contribution in [2.24, 2.45) is 0 Å². The number of nitrogens with one attached hydrogen (secondary N) is 2. The van der Waals surface area contributed by atoms with Gasteiger partial charge in [-0.25, -0.2) is 9.18 Å². The molecular weight excluding hydrogens is 363 g/mol. The van der Waals surface area contributed by atoms with Crippen LogP contribution in [0.3, 0.4) is 0 Å². The topological polar surface area (TPSA) is 61.4 Å². The number of halogens is 3. The molecule has 2 aromatic rings. The van der Waals surface area contributed by atoms with Gasteiger partial charge in [0.1, 0.15) is 5.82 Å². The maximum Gasteiger partial charge on any atom is 0.323 e. The summed E-state index contributed by atoms with van der Waals surface area (Å²) < 4.78 is 13.7. The van der Waals surface area contributed by atoms with Crippen molar-refractivity contribution >= 4 is 44.9 Å². The number of carbonyl (C=O) groups excluding carboxylic acids is 1. The highest BCUT2D eigenvalue weighted by Crippen LogP contribution is 2.22. The average Bonchev–Trinajstić information content (AvgIpc) is 2.37. The molecule has 0 heterocycles. The number of anilines is 2. The van der Waals surface area contributed by atoms with E-state index in [4.69, 9.17) is 11.6 Å². The largest absolute Gasteiger partial charge is 0.392 e. The zero-order valence-corrected chi connectivity index (χ0v) is 13.0. The maximum atomic E-state index is 13.2. The first-order chi connectivity index (χ1) is 9.97. The van der Waals surface area contributed by atoms with Crippen molar-refractivity contribution in [3.8, 4) is 0 Å². The lowest BCUT2D eigenvalue weighted by atomic mass is 10.2. The van der Waals surface area contributed by atoms with E-state index in [9.17, 15) is 14.3 Å². The van der Waals surface area contributed by atoms with Crippen molar-refractivity contribution in [3.63, 3.8) is 0 Å². The number of hydrogen-bond donors (Lipinski definition) is 3. The number of amides is 2. The van der Waals surface area contributed by atoms with E-state index in [2.05, 4.69) is 26.6 Å². The highest BCUT2D eigenvalue weighted by atomic mass is 79.9. The van der Waals surface area contributed by atoms with Crippen LogP contribution < -0.4 is 10.6 Å². The number of carbonyl (C=O) groups is 1. The van der Waals surface area contributed by atoms with Crippen LogP contribution in [-0.4, -0.2) is 11.1 Å². The Bertz CT molecular complexity index is 662. The Hall–Kier alpha value is -1.63. The van der Waals surface area contributed by atoms with Gasteiger partial charge in [-0.1, -0.05) is 33.6 Å². The van der Waals surface area contributed by atoms with E-state index in [-0.39, 0.29) is 6.61 Å². The monoisotopic (exact) mass is 372 g/mol. The number of rotatable bonds is 3. The molecule has 0 aromatic heterocycles. The fourth-order valence-corrected chi connectivity index (χ4v) is 2.35. The summed E-state index contributed by atoms with van der Waals surface area (Å²) in [7, 11) is 0. The molecule has 3 N–H and O–H groups in total. The van der Waals surface area contributed by atoms with E-state index in [0.29, 0.717) is 26.4 Å². The van der Waals surface area contributed by atoms with Crippen LogP contribution in [-0.2, 0) is 6.61 Å². The smallest absolute Gasteiger partial charge is 0.323 e. The molecule has 21 heavy (non-hydrogen) atoms. The van der Waals surface area contributed by atoms with Gasteiger partial charge >= 0.3 is 6.03 Å². The molecule has 2 amide bonds. The van der Waals surface area contributed by atoms with E-state index in [0.717, 1.165) is 0 Å². The van der Waals surface area contributed by atoms with Gasteiger partial charge in [0, 0.05) is 26.4 Å². The molecule has 4 nitrogen and oxygen atoms in total. The summed E-state index contributed by atoms with van der Waals surface area (Å²) in [5.74, 6) is -0.474. The van der Waals surface area contributed by atoms with Gasteiger partial charge in [-0.3, -0.25) is 0 Å². The summed E-state index contributed by atoms with van der Waals surface area (Å²) in [4.78, 5) is 11.9. The van der Waals surface area contributed by atoms with Gasteiger partial charge in [0.2, 0.25) is 0 Å². The first kappa shape index (κ1) is 15.8. The molecule has 0 bridgehead atoms. The maximum absolute atomic E-state index is 13.2. The Balaban J connectivity index is 2.13. The standard InChI is InChI=1S/C14H11BrClFN2O2/c15-9-3-11(17)6-12(4-9)18-14(21)19-13-5-10(16)2-1-8(13)7-20/h1-6,20H,7H2,(H2,18,19,21). The molecular formula is C14H11BrClFN2O2. The second kappa shape index (κ2) is 6.89. The molecule has 0 atom stereocenters. The number of aliphatic hydroxyl groups is 1. The first-order valence-corrected chi connectivity index (χ1v) is 7.08. The summed E-state index contributed by atoms with van der Waals surface area (Å²) in [5.41, 5.74) is 1.21. The fraction of sp³-hybridized carbons (Fsp3) is 0.0714. The van der Waals surface area contributed by atoms with Gasteiger partial charge in [0.25, 0.3) is 0 Å². The first-order valence-electron chi connectivity index (χ1n) is 5.91. The Morgan fingerprint density at radius 3 is 2.67 bits per heavy atom. The SMILES string of the molecule is O=C(Nc1cc(F)cc(Br)c1)Nc1cc(Cl)ccc1CO. The van der Waals surface area contributed by atoms with Crippen molar-refractivity contribution in [1.29, 1.82) is 0 Å². The number of aliphatic hydroxyl groups excluding tert-OH is 1. The fourth-order valence-electron chi connectivity index (χ4n) is 1.71. The second-order valence-electron chi connectivity index (χ2n) is 4.20. The summed E-state index contributed by atoms with van der Waals surface area (Å²) in [6.45, 7) is -0.238. The number of hydrogen-bond acceptors (Lipinski definition) is 2. The van der Waals surface area contributed by atoms with Crippen molar-refractivity contribution in [2.45, 2.75) is 6.61 Å². The van der Waals surface area contributed by atoms with Gasteiger partial charge in [-0.15, -0.1) is 0 Å². The van der Waals surface area contributed by atoms with Crippen LogP contribution in [0.15, 0.2) is 40.9 Å². The quantitative estimate of drug-likeness (QED) is 0.748. The van der Waals surface area contributed by atoms with Gasteiger partial charge in [0.15, 0.2) is 0 Å². The van der Waals surface area contributed by atoms with E-state index in [1.54, 1.807) is 18.2 Å². The molecule has 0 saturated heterocycles. The molecule has 0 aliphatic heterocycles. The highest BCUT2D eigenvalue weighted by molar-refractivity contribution is 9.10. The molecule has 7 heteroatoms. The van der Waals surface area contributed by atoms with E-state index < -0.39 is 11.8 Å². The highest BCUT2D eigenvalue weighted by Gasteiger charge is 2.08. The van der Waals surface area contributed by atoms with Crippen molar-refractivity contribution in [1.82, 2.24) is 0 Å². The van der Waals surface area contributed by atoms with Gasteiger partial charge < -0.3 is 15.7 Å². The summed E-state index contributed by atoms with van der Waals surface area (Å²) >= 11 is 8.99. The Morgan fingerprint density at radius 2 is 2.00 bits per heavy atom. The lowest BCUT2D eigenvalue weighted by Crippen LogP contribution is -2.20. The lowest BCUT2D eigenvalue weighted by Gasteiger charge is -2.11. The summed E-state index contributed by atoms with van der Waals surface area (Å²) in [6.07, 6.45) is 0. The third-order valence-electron chi connectivity index (χ3n) is 2.61. The van der Waals surface area contributed by atoms with Crippen LogP contribution in [0.4, 0.5) is 20.6 Å². The minimum atomic E-state index is -0.565. The van der Waals surface area contributed by atoms with Crippen molar-refractivity contribution in [2.75, 3.05) is 10.6 Å². The van der Waals surface area contributed by atoms with Gasteiger partial charge in [-0.05, 0) is 30.3 Å². The van der Waals surface area contributed by atoms with Gasteiger partial charge in [-0.2, -0.15) is 0 Å². The summed E-state index contributed by atoms with van der Waals surface area (Å²) in [6, 6.07) is 8.21. The van der Waals surface area contributed by atoms with Crippen LogP contribution >= 0.6 is 27.5 Å². The Labute approximate surface area is 134 Å². The molecule has 110 valence electrons. The molecule has 0 aliphatic rings. The van der Waals surface area contributed by atoms with Crippen molar-refractivity contribution in [3.05, 3.63) is 57.3 Å². The number of benzene rings is 2. The predicted octanol–water partition coefficient (Wildman–Crippen LogP) is 4.38. The Morgan fingerprint density at radius 1 is 1.24 bits per heavy atom. The predicted molar refractivity (Wildman–Crippen MR) is 84.1 cm³/mol. The Kier molecular flexibility index (Phi) is 5.17. The minimum Gasteiger partial charge on any atom is -0.392 e. The zero-order valence-electron chi connectivity index (χ0n) is 10.7. The second-order valence-corrected chi connectivity index (χ2v) is 5.55. The molecule has 2 aromatic carbocycles. The van der Waals surface area contributed by atoms with Crippen molar-refractivity contribution < 1.29 is 14.3 Å². The van der Waals surface area contributed by atoms with E-state index >= 15 is 0 Å². The third kappa shape index (κ3) is 4.42. The summed E-state index contributed by atoms with van der Waals surface area (Å²) in [5, 5.41) is 14.7. The molecule has 2 rings (SSSR count). The normalized spacial score (nSPS) is 10.3. The zero-order chi connectivity index (χ0) is 15.4. The van der Waals surface area contributed by atoms with Crippen LogP contribution in [0, 0.1) is 5.82 Å². The van der Waals surface area contributed by atoms with E-state index in [1.165, 1.54) is 18.2 Å². The van der Waals surface area contributed by atoms with Crippen LogP contribution in [0.1, 0.15) is 5.56 Å². The molecule has 0 unspecified atom stereocenters. The molecule has 0 fully saturated rings. The van der Waals surface area contributed by atoms with Crippen LogP contribution in [0.25, 0.3) is 0 Å². The van der Waals surface area contributed by atoms with Gasteiger partial charge in [0.05, 0.1) is 6.61 Å². The molecule has 0 saturated carbocycles. The van der Waals surface area contributed by atoms with Crippen LogP contribution in [0.5, 0.6) is 0 Å². The van der Waals surface area contributed by atoms with Crippen LogP contribution in [0.2, 0.25) is 5.02 Å².